The summed E-state index contributed by atoms with van der Waals surface area (Å²) >= 11 is 0. The molecule has 2 aliphatic rings. The number of anilines is 1. The fraction of sp³-hybridized carbons (Fsp3) is 0.500. The number of hydrogen-bond donors (Lipinski definition) is 0. The maximum atomic E-state index is 9.92. The Morgan fingerprint density at radius 2 is 2.00 bits per heavy atom. The van der Waals surface area contributed by atoms with Crippen molar-refractivity contribution in [3.05, 3.63) is 35.1 Å². The van der Waals surface area contributed by atoms with Crippen molar-refractivity contribution in [1.29, 1.82) is 5.26 Å². The third-order valence-electron chi connectivity index (χ3n) is 5.12. The van der Waals surface area contributed by atoms with Crippen LogP contribution in [0.1, 0.15) is 49.8 Å². The highest BCUT2D eigenvalue weighted by molar-refractivity contribution is 5.70. The largest absolute Gasteiger partial charge is 0.463 e. The van der Waals surface area contributed by atoms with E-state index in [2.05, 4.69) is 24.8 Å². The van der Waals surface area contributed by atoms with Crippen LogP contribution in [0.3, 0.4) is 0 Å². The van der Waals surface area contributed by atoms with Gasteiger partial charge in [0.2, 0.25) is 0 Å². The Hall–Kier alpha value is -2.32. The summed E-state index contributed by atoms with van der Waals surface area (Å²) in [5.74, 6) is 1.55. The Balaban J connectivity index is 1.92. The predicted molar refractivity (Wildman–Crippen MR) is 95.3 cm³/mol. The summed E-state index contributed by atoms with van der Waals surface area (Å²) in [6.07, 6.45) is 5.91. The van der Waals surface area contributed by atoms with E-state index in [4.69, 9.17) is 14.1 Å². The second-order valence-corrected chi connectivity index (χ2v) is 7.48. The summed E-state index contributed by atoms with van der Waals surface area (Å²) in [5, 5.41) is 9.92. The van der Waals surface area contributed by atoms with Crippen LogP contribution in [-0.2, 0) is 17.8 Å². The van der Waals surface area contributed by atoms with Crippen LogP contribution in [0, 0.1) is 11.3 Å². The lowest BCUT2D eigenvalue weighted by Gasteiger charge is -2.35. The summed E-state index contributed by atoms with van der Waals surface area (Å²) in [6, 6.07) is 6.24. The molecule has 0 radical (unpaired) electrons. The number of ether oxygens (including phenoxy) is 1. The predicted octanol–water partition coefficient (Wildman–Crippen LogP) is 4.05. The number of rotatable bonds is 2. The van der Waals surface area contributed by atoms with Gasteiger partial charge in [0.15, 0.2) is 5.76 Å². The summed E-state index contributed by atoms with van der Waals surface area (Å²) in [4.78, 5) is 7.16. The number of piperidine rings is 1. The lowest BCUT2D eigenvalue weighted by molar-refractivity contribution is -0.0400. The molecule has 2 aliphatic heterocycles. The summed E-state index contributed by atoms with van der Waals surface area (Å²) < 4.78 is 11.6. The normalized spacial score (nSPS) is 19.3. The zero-order valence-electron chi connectivity index (χ0n) is 14.8. The number of nitrogens with zero attached hydrogens (tertiary/aromatic N) is 3. The van der Waals surface area contributed by atoms with Crippen LogP contribution < -0.4 is 4.90 Å². The molecule has 0 N–H and O–H groups in total. The van der Waals surface area contributed by atoms with E-state index in [0.29, 0.717) is 18.6 Å². The molecule has 130 valence electrons. The maximum absolute atomic E-state index is 9.92. The lowest BCUT2D eigenvalue weighted by Crippen LogP contribution is -2.35. The number of hydrogen-bond acceptors (Lipinski definition) is 5. The van der Waals surface area contributed by atoms with Crippen molar-refractivity contribution in [3.63, 3.8) is 0 Å². The molecule has 0 aromatic carbocycles. The molecule has 2 aromatic heterocycles. The third-order valence-corrected chi connectivity index (χ3v) is 5.12. The Morgan fingerprint density at radius 1 is 1.20 bits per heavy atom. The molecular weight excluding hydrogens is 314 g/mol. The molecule has 0 spiro atoms. The van der Waals surface area contributed by atoms with E-state index in [1.54, 1.807) is 6.26 Å². The number of nitriles is 1. The zero-order valence-corrected chi connectivity index (χ0v) is 14.8. The topological polar surface area (TPSA) is 62.3 Å². The van der Waals surface area contributed by atoms with Crippen LogP contribution in [0.25, 0.3) is 11.5 Å². The fourth-order valence-electron chi connectivity index (χ4n) is 3.82. The van der Waals surface area contributed by atoms with E-state index in [1.807, 2.05) is 12.1 Å². The molecule has 0 unspecified atom stereocenters. The van der Waals surface area contributed by atoms with Crippen molar-refractivity contribution in [2.45, 2.75) is 51.7 Å². The summed E-state index contributed by atoms with van der Waals surface area (Å²) in [5.41, 5.74) is 3.31. The van der Waals surface area contributed by atoms with E-state index in [1.165, 1.54) is 6.42 Å². The number of pyridine rings is 1. The van der Waals surface area contributed by atoms with Crippen molar-refractivity contribution in [3.8, 4) is 17.5 Å². The average molecular weight is 337 g/mol. The SMILES string of the molecule is CC1(C)Cc2c(C#N)c(N3CCCCC3)nc(-c3ccco3)c2CO1. The zero-order chi connectivity index (χ0) is 17.4. The highest BCUT2D eigenvalue weighted by Crippen LogP contribution is 2.39. The van der Waals surface area contributed by atoms with Gasteiger partial charge < -0.3 is 14.1 Å². The van der Waals surface area contributed by atoms with E-state index in [0.717, 1.165) is 54.3 Å². The van der Waals surface area contributed by atoms with E-state index in [9.17, 15) is 5.26 Å². The van der Waals surface area contributed by atoms with E-state index < -0.39 is 0 Å². The van der Waals surface area contributed by atoms with Gasteiger partial charge in [-0.05, 0) is 50.8 Å². The van der Waals surface area contributed by atoms with Crippen molar-refractivity contribution in [2.75, 3.05) is 18.0 Å². The second-order valence-electron chi connectivity index (χ2n) is 7.48. The monoisotopic (exact) mass is 337 g/mol. The second kappa shape index (κ2) is 6.20. The minimum Gasteiger partial charge on any atom is -0.463 e. The first-order valence-corrected chi connectivity index (χ1v) is 8.98. The van der Waals surface area contributed by atoms with Gasteiger partial charge in [-0.25, -0.2) is 4.98 Å². The Morgan fingerprint density at radius 3 is 2.68 bits per heavy atom. The molecule has 25 heavy (non-hydrogen) atoms. The minimum absolute atomic E-state index is 0.278. The van der Waals surface area contributed by atoms with Crippen molar-refractivity contribution in [1.82, 2.24) is 4.98 Å². The molecule has 4 heterocycles. The highest BCUT2D eigenvalue weighted by atomic mass is 16.5. The van der Waals surface area contributed by atoms with Gasteiger partial charge in [0.05, 0.1) is 24.0 Å². The molecule has 4 rings (SSSR count). The fourth-order valence-corrected chi connectivity index (χ4v) is 3.82. The van der Waals surface area contributed by atoms with E-state index in [-0.39, 0.29) is 5.60 Å². The third kappa shape index (κ3) is 2.91. The van der Waals surface area contributed by atoms with Crippen LogP contribution in [-0.4, -0.2) is 23.7 Å². The smallest absolute Gasteiger partial charge is 0.152 e. The summed E-state index contributed by atoms with van der Waals surface area (Å²) in [6.45, 7) is 6.52. The molecule has 0 atom stereocenters. The standard InChI is InChI=1S/C20H23N3O2/c1-20(2)11-14-15(12-21)19(23-8-4-3-5-9-23)22-18(16(14)13-25-20)17-7-6-10-24-17/h6-7,10H,3-5,8-9,11,13H2,1-2H3. The average Bonchev–Trinajstić information content (AvgIpc) is 3.14. The van der Waals surface area contributed by atoms with Gasteiger partial charge in [0, 0.05) is 25.1 Å². The molecule has 1 fully saturated rings. The molecular formula is C20H23N3O2. The van der Waals surface area contributed by atoms with Gasteiger partial charge >= 0.3 is 0 Å². The van der Waals surface area contributed by atoms with Crippen LogP contribution in [0.4, 0.5) is 5.82 Å². The van der Waals surface area contributed by atoms with Crippen LogP contribution in [0.15, 0.2) is 22.8 Å². The highest BCUT2D eigenvalue weighted by Gasteiger charge is 2.33. The minimum atomic E-state index is -0.278. The lowest BCUT2D eigenvalue weighted by atomic mass is 9.87. The van der Waals surface area contributed by atoms with Gasteiger partial charge in [-0.2, -0.15) is 5.26 Å². The molecule has 0 saturated carbocycles. The van der Waals surface area contributed by atoms with Crippen LogP contribution in [0.2, 0.25) is 0 Å². The summed E-state index contributed by atoms with van der Waals surface area (Å²) in [7, 11) is 0. The van der Waals surface area contributed by atoms with Gasteiger partial charge in [0.1, 0.15) is 17.6 Å². The molecule has 0 bridgehead atoms. The maximum Gasteiger partial charge on any atom is 0.152 e. The Kier molecular flexibility index (Phi) is 4.01. The first-order valence-electron chi connectivity index (χ1n) is 8.98. The first-order chi connectivity index (χ1) is 12.1. The quantitative estimate of drug-likeness (QED) is 0.827. The molecule has 5 heteroatoms. The van der Waals surface area contributed by atoms with Crippen LogP contribution in [0.5, 0.6) is 0 Å². The van der Waals surface area contributed by atoms with Gasteiger partial charge in [-0.3, -0.25) is 0 Å². The van der Waals surface area contributed by atoms with Crippen molar-refractivity contribution >= 4 is 5.82 Å². The van der Waals surface area contributed by atoms with Crippen molar-refractivity contribution in [2.24, 2.45) is 0 Å². The first kappa shape index (κ1) is 16.2. The molecule has 0 aliphatic carbocycles. The molecule has 5 nitrogen and oxygen atoms in total. The molecule has 2 aromatic rings. The molecule has 1 saturated heterocycles. The number of aromatic nitrogens is 1. The van der Waals surface area contributed by atoms with Gasteiger partial charge in [-0.15, -0.1) is 0 Å². The Labute approximate surface area is 148 Å². The van der Waals surface area contributed by atoms with Gasteiger partial charge in [0.25, 0.3) is 0 Å². The molecule has 0 amide bonds. The number of furan rings is 1. The van der Waals surface area contributed by atoms with E-state index >= 15 is 0 Å². The van der Waals surface area contributed by atoms with Crippen molar-refractivity contribution < 1.29 is 9.15 Å². The number of fused-ring (bicyclic) bond motifs is 1. The van der Waals surface area contributed by atoms with Crippen LogP contribution >= 0.6 is 0 Å². The van der Waals surface area contributed by atoms with Gasteiger partial charge in [-0.1, -0.05) is 0 Å². The Bertz CT molecular complexity index is 812.